The molecule has 0 amide bonds. The van der Waals surface area contributed by atoms with Gasteiger partial charge >= 0.3 is 0 Å². The van der Waals surface area contributed by atoms with Gasteiger partial charge in [0.1, 0.15) is 0 Å². The van der Waals surface area contributed by atoms with Gasteiger partial charge in [-0.25, -0.2) is 4.98 Å². The van der Waals surface area contributed by atoms with E-state index in [2.05, 4.69) is 10.4 Å². The Labute approximate surface area is 125 Å². The Morgan fingerprint density at radius 2 is 2.05 bits per heavy atom. The summed E-state index contributed by atoms with van der Waals surface area (Å²) in [6.45, 7) is 1.83. The molecule has 0 N–H and O–H groups in total. The Morgan fingerprint density at radius 3 is 2.74 bits per heavy atom. The molecule has 0 spiro atoms. The lowest BCUT2D eigenvalue weighted by Gasteiger charge is -2.13. The van der Waals surface area contributed by atoms with Crippen molar-refractivity contribution in [3.8, 4) is 0 Å². The fourth-order valence-electron chi connectivity index (χ4n) is 2.63. The topological polar surface area (TPSA) is 22.1 Å². The van der Waals surface area contributed by atoms with Crippen molar-refractivity contribution < 1.29 is 4.74 Å². The minimum absolute atomic E-state index is 0.523. The molecule has 19 heavy (non-hydrogen) atoms. The van der Waals surface area contributed by atoms with E-state index in [0.29, 0.717) is 5.88 Å². The second-order valence-corrected chi connectivity index (χ2v) is 6.61. The third kappa shape index (κ3) is 5.80. The summed E-state index contributed by atoms with van der Waals surface area (Å²) in [6, 6.07) is 0. The predicted octanol–water partition coefficient (Wildman–Crippen LogP) is 4.80. The maximum Gasteiger partial charge on any atom is 0.0929 e. The van der Waals surface area contributed by atoms with Crippen molar-refractivity contribution in [3.63, 3.8) is 0 Å². The largest absolute Gasteiger partial charge is 0.381 e. The number of halogens is 1. The van der Waals surface area contributed by atoms with Gasteiger partial charge in [0.2, 0.25) is 0 Å². The Hall–Kier alpha value is -0.120. The Balaban J connectivity index is 1.54. The smallest absolute Gasteiger partial charge is 0.0929 e. The number of nitrogens with zero attached hydrogens (tertiary/aromatic N) is 1. The minimum Gasteiger partial charge on any atom is -0.381 e. The lowest BCUT2D eigenvalue weighted by molar-refractivity contribution is 0.0922. The summed E-state index contributed by atoms with van der Waals surface area (Å²) >= 11 is 7.45. The van der Waals surface area contributed by atoms with Crippen molar-refractivity contribution in [2.24, 2.45) is 5.92 Å². The van der Waals surface area contributed by atoms with Crippen LogP contribution in [0.15, 0.2) is 5.38 Å². The molecular formula is C15H24ClNOS. The van der Waals surface area contributed by atoms with Crippen LogP contribution in [0, 0.1) is 5.92 Å². The zero-order valence-electron chi connectivity index (χ0n) is 11.6. The van der Waals surface area contributed by atoms with Crippen LogP contribution in [-0.2, 0) is 17.0 Å². The van der Waals surface area contributed by atoms with Gasteiger partial charge in [-0.05, 0) is 25.2 Å². The Bertz CT molecular complexity index is 348. The molecule has 0 aliphatic heterocycles. The number of aromatic nitrogens is 1. The SMILES string of the molecule is ClCc1csc(CCCOCC2CCCCCC2)n1. The Kier molecular flexibility index (Phi) is 7.18. The molecular weight excluding hydrogens is 278 g/mol. The summed E-state index contributed by atoms with van der Waals surface area (Å²) in [4.78, 5) is 4.46. The van der Waals surface area contributed by atoms with Crippen molar-refractivity contribution in [3.05, 3.63) is 16.1 Å². The van der Waals surface area contributed by atoms with Gasteiger partial charge < -0.3 is 4.74 Å². The summed E-state index contributed by atoms with van der Waals surface area (Å²) in [5, 5.41) is 3.24. The lowest BCUT2D eigenvalue weighted by Crippen LogP contribution is -2.09. The van der Waals surface area contributed by atoms with Crippen LogP contribution in [0.1, 0.15) is 55.6 Å². The molecule has 1 fully saturated rings. The highest BCUT2D eigenvalue weighted by atomic mass is 35.5. The first kappa shape index (κ1) is 15.3. The van der Waals surface area contributed by atoms with E-state index in [1.807, 2.05) is 0 Å². The molecule has 0 atom stereocenters. The average Bonchev–Trinajstić information content (AvgIpc) is 2.73. The molecule has 0 aromatic carbocycles. The normalized spacial score (nSPS) is 17.5. The first-order valence-electron chi connectivity index (χ1n) is 7.45. The summed E-state index contributed by atoms with van der Waals surface area (Å²) < 4.78 is 5.83. The quantitative estimate of drug-likeness (QED) is 0.410. The molecule has 4 heteroatoms. The second-order valence-electron chi connectivity index (χ2n) is 5.40. The number of ether oxygens (including phenoxy) is 1. The highest BCUT2D eigenvalue weighted by molar-refractivity contribution is 7.09. The van der Waals surface area contributed by atoms with Crippen LogP contribution in [-0.4, -0.2) is 18.2 Å². The summed E-state index contributed by atoms with van der Waals surface area (Å²) in [5.41, 5.74) is 1.00. The molecule has 1 aromatic rings. The van der Waals surface area contributed by atoms with Crippen molar-refractivity contribution in [1.82, 2.24) is 4.98 Å². The molecule has 0 unspecified atom stereocenters. The van der Waals surface area contributed by atoms with Gasteiger partial charge in [-0.15, -0.1) is 22.9 Å². The van der Waals surface area contributed by atoms with Crippen LogP contribution >= 0.6 is 22.9 Å². The van der Waals surface area contributed by atoms with E-state index in [1.54, 1.807) is 11.3 Å². The van der Waals surface area contributed by atoms with Crippen LogP contribution in [0.3, 0.4) is 0 Å². The summed E-state index contributed by atoms with van der Waals surface area (Å²) in [7, 11) is 0. The number of thiazole rings is 1. The standard InChI is InChI=1S/C15H24ClNOS/c16-10-14-12-19-15(17-14)8-5-9-18-11-13-6-3-1-2-4-7-13/h12-13H,1-11H2. The molecule has 2 rings (SSSR count). The van der Waals surface area contributed by atoms with E-state index in [9.17, 15) is 0 Å². The minimum atomic E-state index is 0.523. The maximum absolute atomic E-state index is 5.83. The molecule has 1 aromatic heterocycles. The highest BCUT2D eigenvalue weighted by Crippen LogP contribution is 2.23. The number of hydrogen-bond acceptors (Lipinski definition) is 3. The van der Waals surface area contributed by atoms with E-state index in [-0.39, 0.29) is 0 Å². The number of rotatable bonds is 7. The molecule has 108 valence electrons. The highest BCUT2D eigenvalue weighted by Gasteiger charge is 2.12. The van der Waals surface area contributed by atoms with Gasteiger partial charge in [-0.1, -0.05) is 25.7 Å². The molecule has 1 aliphatic carbocycles. The van der Waals surface area contributed by atoms with E-state index >= 15 is 0 Å². The van der Waals surface area contributed by atoms with E-state index < -0.39 is 0 Å². The van der Waals surface area contributed by atoms with E-state index in [4.69, 9.17) is 16.3 Å². The fraction of sp³-hybridized carbons (Fsp3) is 0.800. The first-order chi connectivity index (χ1) is 9.38. The van der Waals surface area contributed by atoms with Gasteiger partial charge in [0, 0.05) is 25.0 Å². The molecule has 2 nitrogen and oxygen atoms in total. The number of hydrogen-bond donors (Lipinski definition) is 0. The van der Waals surface area contributed by atoms with Crippen molar-refractivity contribution in [1.29, 1.82) is 0 Å². The van der Waals surface area contributed by atoms with Gasteiger partial charge in [0.25, 0.3) is 0 Å². The summed E-state index contributed by atoms with van der Waals surface area (Å²) in [6.07, 6.45) is 10.5. The molecule has 1 heterocycles. The van der Waals surface area contributed by atoms with Gasteiger partial charge in [0.15, 0.2) is 0 Å². The van der Waals surface area contributed by atoms with Gasteiger partial charge in [-0.3, -0.25) is 0 Å². The van der Waals surface area contributed by atoms with Crippen molar-refractivity contribution >= 4 is 22.9 Å². The first-order valence-corrected chi connectivity index (χ1v) is 8.87. The number of aryl methyl sites for hydroxylation is 1. The van der Waals surface area contributed by atoms with E-state index in [0.717, 1.165) is 37.7 Å². The average molecular weight is 302 g/mol. The van der Waals surface area contributed by atoms with Gasteiger partial charge in [-0.2, -0.15) is 0 Å². The zero-order valence-corrected chi connectivity index (χ0v) is 13.1. The molecule has 1 saturated carbocycles. The zero-order chi connectivity index (χ0) is 13.3. The summed E-state index contributed by atoms with van der Waals surface area (Å²) in [5.74, 6) is 1.33. The Morgan fingerprint density at radius 1 is 1.26 bits per heavy atom. The van der Waals surface area contributed by atoms with Crippen molar-refractivity contribution in [2.75, 3.05) is 13.2 Å². The molecule has 0 bridgehead atoms. The van der Waals surface area contributed by atoms with Crippen LogP contribution in [0.2, 0.25) is 0 Å². The second kappa shape index (κ2) is 8.93. The van der Waals surface area contributed by atoms with Crippen LogP contribution in [0.25, 0.3) is 0 Å². The fourth-order valence-corrected chi connectivity index (χ4v) is 3.70. The van der Waals surface area contributed by atoms with Gasteiger partial charge in [0.05, 0.1) is 16.6 Å². The lowest BCUT2D eigenvalue weighted by atomic mass is 10.0. The molecule has 0 radical (unpaired) electrons. The van der Waals surface area contributed by atoms with Crippen LogP contribution in [0.4, 0.5) is 0 Å². The van der Waals surface area contributed by atoms with Crippen LogP contribution in [0.5, 0.6) is 0 Å². The maximum atomic E-state index is 5.83. The van der Waals surface area contributed by atoms with Crippen molar-refractivity contribution in [2.45, 2.75) is 57.2 Å². The van der Waals surface area contributed by atoms with E-state index in [1.165, 1.54) is 43.5 Å². The molecule has 1 aliphatic rings. The third-order valence-corrected chi connectivity index (χ3v) is 4.98. The molecule has 0 saturated heterocycles. The monoisotopic (exact) mass is 301 g/mol. The predicted molar refractivity (Wildman–Crippen MR) is 82.0 cm³/mol. The third-order valence-electron chi connectivity index (χ3n) is 3.74. The number of alkyl halides is 1. The van der Waals surface area contributed by atoms with Crippen LogP contribution < -0.4 is 0 Å².